The van der Waals surface area contributed by atoms with E-state index in [1.54, 1.807) is 12.1 Å². The molecule has 0 N–H and O–H groups in total. The number of likely N-dealkylation sites (N-methyl/N-ethyl adjacent to an activating group) is 1. The first kappa shape index (κ1) is 21.6. The Kier molecular flexibility index (Phi) is 6.18. The van der Waals surface area contributed by atoms with Crippen molar-refractivity contribution >= 4 is 16.8 Å². The predicted molar refractivity (Wildman–Crippen MR) is 119 cm³/mol. The molecular weight excluding hydrogens is 396 g/mol. The number of rotatable bonds is 5. The highest BCUT2D eigenvalue weighted by molar-refractivity contribution is 6.08. The molecule has 0 bridgehead atoms. The topological polar surface area (TPSA) is 80.8 Å². The van der Waals surface area contributed by atoms with E-state index in [4.69, 9.17) is 4.84 Å². The summed E-state index contributed by atoms with van der Waals surface area (Å²) in [5.74, 6) is 0.689. The average molecular weight is 429 g/mol. The van der Waals surface area contributed by atoms with Gasteiger partial charge < -0.3 is 9.47 Å². The second-order valence-electron chi connectivity index (χ2n) is 9.24. The zero-order chi connectivity index (χ0) is 22.1. The Labute approximate surface area is 182 Å². The van der Waals surface area contributed by atoms with Gasteiger partial charge in [-0.05, 0) is 45.7 Å². The van der Waals surface area contributed by atoms with Crippen LogP contribution in [0, 0.1) is 16.0 Å². The summed E-state index contributed by atoms with van der Waals surface area (Å²) < 4.78 is 2.01. The third-order valence-corrected chi connectivity index (χ3v) is 7.09. The van der Waals surface area contributed by atoms with E-state index < -0.39 is 5.09 Å². The van der Waals surface area contributed by atoms with Crippen LogP contribution in [0.15, 0.2) is 24.4 Å². The van der Waals surface area contributed by atoms with Crippen LogP contribution in [0.1, 0.15) is 56.3 Å². The summed E-state index contributed by atoms with van der Waals surface area (Å²) in [6.45, 7) is 6.34. The molecule has 1 aromatic carbocycles. The highest BCUT2D eigenvalue weighted by Crippen LogP contribution is 2.34. The van der Waals surface area contributed by atoms with E-state index >= 15 is 0 Å². The van der Waals surface area contributed by atoms with Gasteiger partial charge in [0.15, 0.2) is 0 Å². The number of fused-ring (bicyclic) bond motifs is 1. The minimum atomic E-state index is -0.780. The number of aromatic nitrogens is 1. The van der Waals surface area contributed by atoms with Crippen LogP contribution in [0.3, 0.4) is 0 Å². The van der Waals surface area contributed by atoms with Crippen LogP contribution in [-0.2, 0) is 6.54 Å². The lowest BCUT2D eigenvalue weighted by Gasteiger charge is -2.42. The van der Waals surface area contributed by atoms with Crippen molar-refractivity contribution in [1.29, 1.82) is 0 Å². The summed E-state index contributed by atoms with van der Waals surface area (Å²) in [7, 11) is 2.09. The molecule has 2 fully saturated rings. The SMILES string of the molecule is C[C@@H]1CN(C(=O)c2cn(CC3CCCCC3)c3c(O[N+](=O)[O-])cccc23)C[C@H](C)N1C. The molecule has 2 aliphatic rings. The molecule has 4 rings (SSSR count). The number of benzene rings is 1. The minimum absolute atomic E-state index is 0.0163. The Morgan fingerprint density at radius 3 is 2.48 bits per heavy atom. The van der Waals surface area contributed by atoms with Crippen LogP contribution in [0.5, 0.6) is 5.75 Å². The Morgan fingerprint density at radius 2 is 1.84 bits per heavy atom. The van der Waals surface area contributed by atoms with E-state index in [1.807, 2.05) is 21.7 Å². The minimum Gasteiger partial charge on any atom is -0.345 e. The number of carbonyl (C=O) groups excluding carboxylic acids is 1. The molecule has 168 valence electrons. The van der Waals surface area contributed by atoms with Gasteiger partial charge in [-0.1, -0.05) is 31.4 Å². The fourth-order valence-corrected chi connectivity index (χ4v) is 5.18. The van der Waals surface area contributed by atoms with E-state index in [-0.39, 0.29) is 23.7 Å². The molecular formula is C23H32N4O4. The molecule has 1 aliphatic carbocycles. The normalized spacial score (nSPS) is 23.3. The molecule has 0 spiro atoms. The number of carbonyl (C=O) groups is 1. The highest BCUT2D eigenvalue weighted by Gasteiger charge is 2.31. The molecule has 0 radical (unpaired) electrons. The zero-order valence-electron chi connectivity index (χ0n) is 18.6. The second-order valence-corrected chi connectivity index (χ2v) is 9.24. The number of piperazine rings is 1. The lowest BCUT2D eigenvalue weighted by molar-refractivity contribution is -0.710. The summed E-state index contributed by atoms with van der Waals surface area (Å²) in [6, 6.07) is 5.75. The van der Waals surface area contributed by atoms with Crippen molar-refractivity contribution in [3.63, 3.8) is 0 Å². The quantitative estimate of drug-likeness (QED) is 0.532. The second kappa shape index (κ2) is 8.86. The Balaban J connectivity index is 1.73. The van der Waals surface area contributed by atoms with Crippen LogP contribution in [0.2, 0.25) is 0 Å². The van der Waals surface area contributed by atoms with Gasteiger partial charge in [0.2, 0.25) is 0 Å². The van der Waals surface area contributed by atoms with Crippen molar-refractivity contribution < 1.29 is 14.7 Å². The van der Waals surface area contributed by atoms with Crippen LogP contribution in [0.4, 0.5) is 0 Å². The van der Waals surface area contributed by atoms with E-state index in [0.29, 0.717) is 30.1 Å². The molecule has 1 saturated carbocycles. The van der Waals surface area contributed by atoms with Gasteiger partial charge in [-0.3, -0.25) is 14.5 Å². The Hall–Kier alpha value is -2.61. The number of hydrogen-bond donors (Lipinski definition) is 0. The van der Waals surface area contributed by atoms with Gasteiger partial charge in [-0.15, -0.1) is 10.1 Å². The van der Waals surface area contributed by atoms with Gasteiger partial charge in [-0.2, -0.15) is 0 Å². The molecule has 8 heteroatoms. The molecule has 1 amide bonds. The summed E-state index contributed by atoms with van der Waals surface area (Å²) in [5, 5.41) is 11.0. The molecule has 2 aromatic rings. The van der Waals surface area contributed by atoms with Gasteiger partial charge in [0, 0.05) is 43.3 Å². The maximum Gasteiger partial charge on any atom is 0.299 e. The molecule has 2 heterocycles. The van der Waals surface area contributed by atoms with Gasteiger partial charge >= 0.3 is 0 Å². The van der Waals surface area contributed by atoms with Crippen LogP contribution < -0.4 is 4.84 Å². The zero-order valence-corrected chi connectivity index (χ0v) is 18.6. The molecule has 0 unspecified atom stereocenters. The first-order valence-corrected chi connectivity index (χ1v) is 11.3. The van der Waals surface area contributed by atoms with Crippen molar-refractivity contribution in [1.82, 2.24) is 14.4 Å². The first-order chi connectivity index (χ1) is 14.8. The summed E-state index contributed by atoms with van der Waals surface area (Å²) in [5.41, 5.74) is 1.24. The molecule has 1 aromatic heterocycles. The fraction of sp³-hybridized carbons (Fsp3) is 0.609. The Morgan fingerprint density at radius 1 is 1.16 bits per heavy atom. The van der Waals surface area contributed by atoms with Gasteiger partial charge in [-0.25, -0.2) is 0 Å². The van der Waals surface area contributed by atoms with Crippen molar-refractivity contribution in [2.45, 2.75) is 64.6 Å². The maximum atomic E-state index is 13.6. The van der Waals surface area contributed by atoms with Crippen LogP contribution >= 0.6 is 0 Å². The van der Waals surface area contributed by atoms with Gasteiger partial charge in [0.25, 0.3) is 11.0 Å². The van der Waals surface area contributed by atoms with E-state index in [2.05, 4.69) is 25.8 Å². The summed E-state index contributed by atoms with van der Waals surface area (Å²) >= 11 is 0. The standard InChI is InChI=1S/C23H32N4O4/c1-16-12-26(13-17(2)24(16)3)23(28)20-15-25(14-18-8-5-4-6-9-18)22-19(20)10-7-11-21(22)31-27(29)30/h7,10-11,15-18H,4-6,8-9,12-14H2,1-3H3/t16-,17+. The average Bonchev–Trinajstić information content (AvgIpc) is 3.11. The predicted octanol–water partition coefficient (Wildman–Crippen LogP) is 3.96. The molecule has 1 saturated heterocycles. The number of hydrogen-bond acceptors (Lipinski definition) is 5. The van der Waals surface area contributed by atoms with Crippen molar-refractivity contribution in [2.24, 2.45) is 5.92 Å². The monoisotopic (exact) mass is 428 g/mol. The molecule has 31 heavy (non-hydrogen) atoms. The number of para-hydroxylation sites is 1. The first-order valence-electron chi connectivity index (χ1n) is 11.3. The third kappa shape index (κ3) is 4.39. The van der Waals surface area contributed by atoms with E-state index in [9.17, 15) is 14.9 Å². The van der Waals surface area contributed by atoms with Crippen molar-refractivity contribution in [3.05, 3.63) is 40.1 Å². The Bertz CT molecular complexity index is 954. The van der Waals surface area contributed by atoms with E-state index in [1.165, 1.54) is 19.3 Å². The largest absolute Gasteiger partial charge is 0.345 e. The van der Waals surface area contributed by atoms with Crippen LogP contribution in [0.25, 0.3) is 10.9 Å². The summed E-state index contributed by atoms with van der Waals surface area (Å²) in [6.07, 6.45) is 7.88. The number of nitrogens with zero attached hydrogens (tertiary/aromatic N) is 4. The van der Waals surface area contributed by atoms with Gasteiger partial charge in [0.05, 0.1) is 11.1 Å². The van der Waals surface area contributed by atoms with Crippen molar-refractivity contribution in [2.75, 3.05) is 20.1 Å². The maximum absolute atomic E-state index is 13.6. The van der Waals surface area contributed by atoms with Crippen LogP contribution in [-0.4, -0.2) is 57.6 Å². The molecule has 2 atom stereocenters. The molecule has 8 nitrogen and oxygen atoms in total. The lowest BCUT2D eigenvalue weighted by atomic mass is 9.89. The van der Waals surface area contributed by atoms with E-state index in [0.717, 1.165) is 24.8 Å². The smallest absolute Gasteiger partial charge is 0.299 e. The van der Waals surface area contributed by atoms with Crippen molar-refractivity contribution in [3.8, 4) is 5.75 Å². The lowest BCUT2D eigenvalue weighted by Crippen LogP contribution is -2.56. The van der Waals surface area contributed by atoms with Gasteiger partial charge in [0.1, 0.15) is 5.75 Å². The number of amides is 1. The summed E-state index contributed by atoms with van der Waals surface area (Å²) in [4.78, 5) is 33.8. The fourth-order valence-electron chi connectivity index (χ4n) is 5.18. The highest BCUT2D eigenvalue weighted by atomic mass is 17.0. The third-order valence-electron chi connectivity index (χ3n) is 7.09. The molecule has 1 aliphatic heterocycles.